The number of aromatic nitrogens is 2. The maximum Gasteiger partial charge on any atom is 0.306 e. The molecule has 10 nitrogen and oxygen atoms in total. The van der Waals surface area contributed by atoms with Crippen molar-refractivity contribution in [1.29, 1.82) is 0 Å². The van der Waals surface area contributed by atoms with Gasteiger partial charge in [-0.3, -0.25) is 14.9 Å². The van der Waals surface area contributed by atoms with Crippen molar-refractivity contribution in [2.75, 3.05) is 11.9 Å². The molecule has 0 fully saturated rings. The largest absolute Gasteiger partial charge is 0.466 e. The lowest BCUT2D eigenvalue weighted by atomic mass is 10.2. The lowest BCUT2D eigenvalue weighted by Crippen LogP contribution is -2.09. The Bertz CT molecular complexity index is 1010. The number of hydrogen-bond donors (Lipinski definition) is 1. The van der Waals surface area contributed by atoms with Gasteiger partial charge in [-0.2, -0.15) is 0 Å². The van der Waals surface area contributed by atoms with Gasteiger partial charge in [-0.1, -0.05) is 12.1 Å². The minimum absolute atomic E-state index is 0.00896. The number of ether oxygens (including phenoxy) is 1. The molecule has 0 amide bonds. The second kappa shape index (κ2) is 9.00. The van der Waals surface area contributed by atoms with Gasteiger partial charge in [0, 0.05) is 19.0 Å². The van der Waals surface area contributed by atoms with Crippen LogP contribution in [0.5, 0.6) is 0 Å². The third-order valence-corrected chi connectivity index (χ3v) is 4.07. The van der Waals surface area contributed by atoms with E-state index in [2.05, 4.69) is 15.5 Å². The van der Waals surface area contributed by atoms with Gasteiger partial charge in [0.2, 0.25) is 0 Å². The summed E-state index contributed by atoms with van der Waals surface area (Å²) in [5.74, 6) is 1.46. The molecule has 10 heteroatoms. The molecule has 3 aromatic rings. The van der Waals surface area contributed by atoms with Crippen LogP contribution < -0.4 is 5.32 Å². The molecule has 2 aromatic heterocycles. The normalized spacial score (nSPS) is 10.7. The summed E-state index contributed by atoms with van der Waals surface area (Å²) in [6.45, 7) is 3.88. The highest BCUT2D eigenvalue weighted by Gasteiger charge is 2.16. The number of benzene rings is 1. The zero-order chi connectivity index (χ0) is 20.8. The summed E-state index contributed by atoms with van der Waals surface area (Å²) in [6.07, 6.45) is 0.599. The van der Waals surface area contributed by atoms with Crippen LogP contribution in [0.25, 0.3) is 11.5 Å². The Morgan fingerprint density at radius 1 is 1.24 bits per heavy atom. The SMILES string of the molecule is Cc1cc(-c2nnc(COC(=O)CCCNc3ccccc3[N+](=O)[O-])o2)c(C)o1. The fourth-order valence-electron chi connectivity index (χ4n) is 2.72. The second-order valence-corrected chi connectivity index (χ2v) is 6.29. The number of carbonyl (C=O) groups excluding carboxylic acids is 1. The van der Waals surface area contributed by atoms with E-state index in [0.29, 0.717) is 35.9 Å². The predicted octanol–water partition coefficient (Wildman–Crippen LogP) is 3.79. The third kappa shape index (κ3) is 5.18. The molecule has 152 valence electrons. The van der Waals surface area contributed by atoms with Crippen LogP contribution in [0, 0.1) is 24.0 Å². The molecule has 0 saturated carbocycles. The highest BCUT2D eigenvalue weighted by molar-refractivity contribution is 5.69. The topological polar surface area (TPSA) is 134 Å². The van der Waals surface area contributed by atoms with Crippen molar-refractivity contribution in [2.24, 2.45) is 0 Å². The number of rotatable bonds is 9. The van der Waals surface area contributed by atoms with Gasteiger partial charge < -0.3 is 18.9 Å². The molecule has 0 radical (unpaired) electrons. The minimum Gasteiger partial charge on any atom is -0.466 e. The standard InChI is InChI=1S/C19H20N4O6/c1-12-10-14(13(2)28-12)19-22-21-17(29-19)11-27-18(24)8-5-9-20-15-6-3-4-7-16(15)23(25)26/h3-4,6-7,10,20H,5,8-9,11H2,1-2H3. The van der Waals surface area contributed by atoms with Crippen LogP contribution >= 0.6 is 0 Å². The predicted molar refractivity (Wildman–Crippen MR) is 102 cm³/mol. The van der Waals surface area contributed by atoms with E-state index < -0.39 is 10.9 Å². The first-order valence-corrected chi connectivity index (χ1v) is 8.96. The summed E-state index contributed by atoms with van der Waals surface area (Å²) >= 11 is 0. The average Bonchev–Trinajstić information content (AvgIpc) is 3.29. The summed E-state index contributed by atoms with van der Waals surface area (Å²) in [4.78, 5) is 22.4. The van der Waals surface area contributed by atoms with E-state index in [9.17, 15) is 14.9 Å². The van der Waals surface area contributed by atoms with Crippen LogP contribution in [0.4, 0.5) is 11.4 Å². The molecule has 1 N–H and O–H groups in total. The summed E-state index contributed by atoms with van der Waals surface area (Å²) < 4.78 is 16.1. The van der Waals surface area contributed by atoms with Crippen LogP contribution in [0.2, 0.25) is 0 Å². The van der Waals surface area contributed by atoms with Crippen molar-refractivity contribution >= 4 is 17.3 Å². The van der Waals surface area contributed by atoms with Crippen molar-refractivity contribution < 1.29 is 23.3 Å². The van der Waals surface area contributed by atoms with Crippen molar-refractivity contribution in [1.82, 2.24) is 10.2 Å². The maximum absolute atomic E-state index is 11.9. The second-order valence-electron chi connectivity index (χ2n) is 6.29. The van der Waals surface area contributed by atoms with E-state index >= 15 is 0 Å². The number of hydrogen-bond acceptors (Lipinski definition) is 9. The van der Waals surface area contributed by atoms with E-state index in [1.54, 1.807) is 31.2 Å². The maximum atomic E-state index is 11.9. The number of nitro groups is 1. The van der Waals surface area contributed by atoms with Gasteiger partial charge >= 0.3 is 5.97 Å². The van der Waals surface area contributed by atoms with Crippen LogP contribution in [0.15, 0.2) is 39.2 Å². The van der Waals surface area contributed by atoms with E-state index in [-0.39, 0.29) is 24.6 Å². The van der Waals surface area contributed by atoms with Crippen molar-refractivity contribution in [3.05, 3.63) is 57.9 Å². The van der Waals surface area contributed by atoms with E-state index in [1.807, 2.05) is 6.92 Å². The number of para-hydroxylation sites is 2. The summed E-state index contributed by atoms with van der Waals surface area (Å²) in [7, 11) is 0. The molecule has 2 heterocycles. The molecule has 0 saturated heterocycles. The molecule has 1 aromatic carbocycles. The van der Waals surface area contributed by atoms with Gasteiger partial charge in [-0.25, -0.2) is 0 Å². The van der Waals surface area contributed by atoms with Crippen molar-refractivity contribution in [2.45, 2.75) is 33.3 Å². The lowest BCUT2D eigenvalue weighted by molar-refractivity contribution is -0.384. The Balaban J connectivity index is 1.42. The highest BCUT2D eigenvalue weighted by atomic mass is 16.6. The van der Waals surface area contributed by atoms with Crippen molar-refractivity contribution in [3.63, 3.8) is 0 Å². The molecule has 0 aliphatic rings. The zero-order valence-electron chi connectivity index (χ0n) is 16.0. The molecular formula is C19H20N4O6. The molecule has 0 spiro atoms. The zero-order valence-corrected chi connectivity index (χ0v) is 16.0. The number of carbonyl (C=O) groups is 1. The Labute approximate surface area is 166 Å². The molecule has 3 rings (SSSR count). The van der Waals surface area contributed by atoms with Crippen LogP contribution in [0.1, 0.15) is 30.3 Å². The van der Waals surface area contributed by atoms with Gasteiger partial charge in [0.1, 0.15) is 17.2 Å². The Morgan fingerprint density at radius 3 is 2.76 bits per heavy atom. The number of anilines is 1. The average molecular weight is 400 g/mol. The minimum atomic E-state index is -0.457. The van der Waals surface area contributed by atoms with E-state index in [4.69, 9.17) is 13.6 Å². The van der Waals surface area contributed by atoms with E-state index in [1.165, 1.54) is 6.07 Å². The number of esters is 1. The Morgan fingerprint density at radius 2 is 2.03 bits per heavy atom. The van der Waals surface area contributed by atoms with Gasteiger partial charge in [0.25, 0.3) is 17.5 Å². The van der Waals surface area contributed by atoms with Gasteiger partial charge in [-0.15, -0.1) is 10.2 Å². The van der Waals surface area contributed by atoms with Crippen LogP contribution in [0.3, 0.4) is 0 Å². The summed E-state index contributed by atoms with van der Waals surface area (Å²) in [5, 5.41) is 21.7. The highest BCUT2D eigenvalue weighted by Crippen LogP contribution is 2.25. The number of furan rings is 1. The molecule has 0 atom stereocenters. The fourth-order valence-corrected chi connectivity index (χ4v) is 2.72. The Kier molecular flexibility index (Phi) is 6.22. The van der Waals surface area contributed by atoms with Crippen LogP contribution in [-0.2, 0) is 16.1 Å². The summed E-state index contributed by atoms with van der Waals surface area (Å²) in [6, 6.07) is 8.13. The van der Waals surface area contributed by atoms with Crippen LogP contribution in [-0.4, -0.2) is 27.6 Å². The number of nitrogens with one attached hydrogen (secondary N) is 1. The first-order valence-electron chi connectivity index (χ1n) is 8.96. The molecule has 0 aliphatic carbocycles. The Hall–Kier alpha value is -3.69. The quantitative estimate of drug-likeness (QED) is 0.246. The third-order valence-electron chi connectivity index (χ3n) is 4.07. The molecule has 0 aliphatic heterocycles. The first kappa shape index (κ1) is 20.1. The fraction of sp³-hybridized carbons (Fsp3) is 0.316. The van der Waals surface area contributed by atoms with Gasteiger partial charge in [0.05, 0.1) is 10.5 Å². The molecule has 29 heavy (non-hydrogen) atoms. The van der Waals surface area contributed by atoms with Crippen molar-refractivity contribution in [3.8, 4) is 11.5 Å². The van der Waals surface area contributed by atoms with E-state index in [0.717, 1.165) is 5.76 Å². The monoisotopic (exact) mass is 400 g/mol. The lowest BCUT2D eigenvalue weighted by Gasteiger charge is -2.06. The smallest absolute Gasteiger partial charge is 0.306 e. The van der Waals surface area contributed by atoms with Gasteiger partial charge in [0.15, 0.2) is 6.61 Å². The molecular weight excluding hydrogens is 380 g/mol. The summed E-state index contributed by atoms with van der Waals surface area (Å²) in [5.41, 5.74) is 1.10. The number of nitrogens with zero attached hydrogens (tertiary/aromatic N) is 3. The molecule has 0 bridgehead atoms. The number of nitro benzene ring substituents is 1. The molecule has 0 unspecified atom stereocenters. The first-order chi connectivity index (χ1) is 13.9. The number of aryl methyl sites for hydroxylation is 2. The van der Waals surface area contributed by atoms with Gasteiger partial charge in [-0.05, 0) is 32.4 Å².